The predicted octanol–water partition coefficient (Wildman–Crippen LogP) is 1.81. The Morgan fingerprint density at radius 1 is 1.25 bits per heavy atom. The summed E-state index contributed by atoms with van der Waals surface area (Å²) in [7, 11) is 0. The molecule has 20 heavy (non-hydrogen) atoms. The molecule has 0 unspecified atom stereocenters. The maximum Gasteiger partial charge on any atom is 0.311 e. The van der Waals surface area contributed by atoms with Crippen molar-refractivity contribution in [1.29, 1.82) is 0 Å². The van der Waals surface area contributed by atoms with E-state index in [0.29, 0.717) is 23.0 Å². The molecule has 0 bridgehead atoms. The summed E-state index contributed by atoms with van der Waals surface area (Å²) < 4.78 is 10.6. The lowest BCUT2D eigenvalue weighted by molar-refractivity contribution is -0.136. The first-order chi connectivity index (χ1) is 9.61. The molecule has 0 spiro atoms. The Morgan fingerprint density at radius 2 is 2.05 bits per heavy atom. The van der Waals surface area contributed by atoms with E-state index in [-0.39, 0.29) is 13.2 Å². The van der Waals surface area contributed by atoms with Crippen molar-refractivity contribution in [1.82, 2.24) is 9.97 Å². The average Bonchev–Trinajstić information content (AvgIpc) is 2.84. The molecule has 2 heterocycles. The van der Waals surface area contributed by atoms with Gasteiger partial charge in [0.15, 0.2) is 11.5 Å². The first-order valence-corrected chi connectivity index (χ1v) is 6.08. The van der Waals surface area contributed by atoms with Crippen LogP contribution in [0.25, 0.3) is 11.3 Å². The molecule has 0 amide bonds. The van der Waals surface area contributed by atoms with E-state index in [1.54, 1.807) is 0 Å². The van der Waals surface area contributed by atoms with Crippen molar-refractivity contribution in [2.45, 2.75) is 13.3 Å². The SMILES string of the molecule is Cc1cc(-c2ccc3c(c2)OCO3)nc(CC(=O)O)n1. The minimum absolute atomic E-state index is 0.195. The zero-order chi connectivity index (χ0) is 14.1. The molecule has 1 aliphatic heterocycles. The van der Waals surface area contributed by atoms with Gasteiger partial charge in [0.2, 0.25) is 6.79 Å². The number of carbonyl (C=O) groups is 1. The number of hydrogen-bond donors (Lipinski definition) is 1. The molecule has 0 aliphatic carbocycles. The molecule has 1 aromatic heterocycles. The highest BCUT2D eigenvalue weighted by atomic mass is 16.7. The fourth-order valence-corrected chi connectivity index (χ4v) is 2.05. The number of rotatable bonds is 3. The molecule has 0 atom stereocenters. The number of fused-ring (bicyclic) bond motifs is 1. The standard InChI is InChI=1S/C14H12N2O4/c1-8-4-10(16-13(15-8)6-14(17)18)9-2-3-11-12(5-9)20-7-19-11/h2-5H,6-7H2,1H3,(H,17,18). The number of ether oxygens (including phenoxy) is 2. The van der Waals surface area contributed by atoms with Gasteiger partial charge in [0.25, 0.3) is 0 Å². The van der Waals surface area contributed by atoms with E-state index in [2.05, 4.69) is 9.97 Å². The fraction of sp³-hybridized carbons (Fsp3) is 0.214. The van der Waals surface area contributed by atoms with Crippen molar-refractivity contribution in [3.63, 3.8) is 0 Å². The van der Waals surface area contributed by atoms with Gasteiger partial charge in [-0.1, -0.05) is 0 Å². The van der Waals surface area contributed by atoms with Crippen LogP contribution in [0.3, 0.4) is 0 Å². The Kier molecular flexibility index (Phi) is 2.98. The van der Waals surface area contributed by atoms with E-state index in [9.17, 15) is 4.79 Å². The van der Waals surface area contributed by atoms with E-state index in [1.165, 1.54) is 0 Å². The van der Waals surface area contributed by atoms with Gasteiger partial charge in [-0.05, 0) is 31.2 Å². The number of aryl methyl sites for hydroxylation is 1. The minimum atomic E-state index is -0.952. The van der Waals surface area contributed by atoms with Gasteiger partial charge in [-0.15, -0.1) is 0 Å². The number of carboxylic acid groups (broad SMARTS) is 1. The van der Waals surface area contributed by atoms with Gasteiger partial charge in [-0.25, -0.2) is 9.97 Å². The highest BCUT2D eigenvalue weighted by Gasteiger charge is 2.15. The quantitative estimate of drug-likeness (QED) is 0.917. The summed E-state index contributed by atoms with van der Waals surface area (Å²) in [6.07, 6.45) is -0.195. The van der Waals surface area contributed by atoms with Crippen LogP contribution in [-0.4, -0.2) is 27.8 Å². The van der Waals surface area contributed by atoms with Crippen molar-refractivity contribution in [3.8, 4) is 22.8 Å². The third-order valence-corrected chi connectivity index (χ3v) is 2.88. The summed E-state index contributed by atoms with van der Waals surface area (Å²) in [6, 6.07) is 7.31. The van der Waals surface area contributed by atoms with Crippen molar-refractivity contribution in [2.24, 2.45) is 0 Å². The Balaban J connectivity index is 2.01. The second-order valence-electron chi connectivity index (χ2n) is 4.45. The highest BCUT2D eigenvalue weighted by molar-refractivity contribution is 5.70. The van der Waals surface area contributed by atoms with Gasteiger partial charge in [0.05, 0.1) is 5.69 Å². The van der Waals surface area contributed by atoms with Gasteiger partial charge < -0.3 is 14.6 Å². The molecular weight excluding hydrogens is 260 g/mol. The minimum Gasteiger partial charge on any atom is -0.481 e. The predicted molar refractivity (Wildman–Crippen MR) is 69.7 cm³/mol. The lowest BCUT2D eigenvalue weighted by atomic mass is 10.1. The maximum absolute atomic E-state index is 10.8. The number of nitrogens with zero attached hydrogens (tertiary/aromatic N) is 2. The van der Waals surface area contributed by atoms with Gasteiger partial charge in [-0.2, -0.15) is 0 Å². The number of aliphatic carboxylic acids is 1. The molecule has 1 aliphatic rings. The summed E-state index contributed by atoms with van der Waals surface area (Å²) in [5, 5.41) is 8.83. The van der Waals surface area contributed by atoms with Crippen LogP contribution in [0.1, 0.15) is 11.5 Å². The molecule has 3 rings (SSSR count). The Bertz CT molecular complexity index is 685. The lowest BCUT2D eigenvalue weighted by Crippen LogP contribution is -2.06. The van der Waals surface area contributed by atoms with Crippen LogP contribution in [0, 0.1) is 6.92 Å². The molecule has 0 fully saturated rings. The van der Waals surface area contributed by atoms with E-state index in [0.717, 1.165) is 11.3 Å². The third kappa shape index (κ3) is 2.40. The molecule has 6 nitrogen and oxygen atoms in total. The number of hydrogen-bond acceptors (Lipinski definition) is 5. The number of aromatic nitrogens is 2. The van der Waals surface area contributed by atoms with E-state index in [1.807, 2.05) is 31.2 Å². The molecule has 6 heteroatoms. The van der Waals surface area contributed by atoms with Crippen LogP contribution < -0.4 is 9.47 Å². The monoisotopic (exact) mass is 272 g/mol. The third-order valence-electron chi connectivity index (χ3n) is 2.88. The van der Waals surface area contributed by atoms with E-state index < -0.39 is 5.97 Å². The molecule has 0 radical (unpaired) electrons. The van der Waals surface area contributed by atoms with E-state index >= 15 is 0 Å². The smallest absolute Gasteiger partial charge is 0.311 e. The Labute approximate surface area is 115 Å². The Morgan fingerprint density at radius 3 is 2.85 bits per heavy atom. The van der Waals surface area contributed by atoms with E-state index in [4.69, 9.17) is 14.6 Å². The largest absolute Gasteiger partial charge is 0.481 e. The average molecular weight is 272 g/mol. The molecule has 2 aromatic rings. The van der Waals surface area contributed by atoms with Crippen LogP contribution in [-0.2, 0) is 11.2 Å². The van der Waals surface area contributed by atoms with Crippen molar-refractivity contribution in [3.05, 3.63) is 35.8 Å². The van der Waals surface area contributed by atoms with Crippen molar-refractivity contribution in [2.75, 3.05) is 6.79 Å². The zero-order valence-electron chi connectivity index (χ0n) is 10.8. The van der Waals surface area contributed by atoms with Gasteiger partial charge >= 0.3 is 5.97 Å². The van der Waals surface area contributed by atoms with Crippen molar-refractivity contribution >= 4 is 5.97 Å². The topological polar surface area (TPSA) is 81.5 Å². The lowest BCUT2D eigenvalue weighted by Gasteiger charge is -2.06. The molecule has 0 saturated carbocycles. The molecule has 102 valence electrons. The molecule has 0 saturated heterocycles. The summed E-state index contributed by atoms with van der Waals surface area (Å²) in [4.78, 5) is 19.2. The summed E-state index contributed by atoms with van der Waals surface area (Å²) in [5.74, 6) is 0.709. The van der Waals surface area contributed by atoms with Crippen LogP contribution in [0.5, 0.6) is 11.5 Å². The fourth-order valence-electron chi connectivity index (χ4n) is 2.05. The van der Waals surface area contributed by atoms with Crippen LogP contribution in [0.2, 0.25) is 0 Å². The van der Waals surface area contributed by atoms with Crippen LogP contribution in [0.15, 0.2) is 24.3 Å². The summed E-state index contributed by atoms with van der Waals surface area (Å²) in [5.41, 5.74) is 2.24. The van der Waals surface area contributed by atoms with Gasteiger partial charge in [0.1, 0.15) is 12.2 Å². The second-order valence-corrected chi connectivity index (χ2v) is 4.45. The number of carboxylic acids is 1. The molecular formula is C14H12N2O4. The molecule has 1 N–H and O–H groups in total. The first-order valence-electron chi connectivity index (χ1n) is 6.08. The highest BCUT2D eigenvalue weighted by Crippen LogP contribution is 2.35. The summed E-state index contributed by atoms with van der Waals surface area (Å²) >= 11 is 0. The second kappa shape index (κ2) is 4.80. The zero-order valence-corrected chi connectivity index (χ0v) is 10.8. The normalized spacial score (nSPS) is 12.4. The first kappa shape index (κ1) is 12.4. The molecule has 1 aromatic carbocycles. The van der Waals surface area contributed by atoms with Crippen LogP contribution >= 0.6 is 0 Å². The van der Waals surface area contributed by atoms with Gasteiger partial charge in [-0.3, -0.25) is 4.79 Å². The van der Waals surface area contributed by atoms with Gasteiger partial charge in [0, 0.05) is 11.3 Å². The maximum atomic E-state index is 10.8. The summed E-state index contributed by atoms with van der Waals surface area (Å²) in [6.45, 7) is 2.02. The van der Waals surface area contributed by atoms with Crippen LogP contribution in [0.4, 0.5) is 0 Å². The number of benzene rings is 1. The Hall–Kier alpha value is -2.63. The van der Waals surface area contributed by atoms with Crippen molar-refractivity contribution < 1.29 is 19.4 Å².